The normalized spacial score (nSPS) is 15.2. The molecule has 0 spiro atoms. The first-order valence-corrected chi connectivity index (χ1v) is 6.86. The van der Waals surface area contributed by atoms with Crippen LogP contribution >= 0.6 is 11.8 Å². The minimum absolute atomic E-state index is 0.936. The van der Waals surface area contributed by atoms with Crippen molar-refractivity contribution in [3.05, 3.63) is 29.3 Å². The summed E-state index contributed by atoms with van der Waals surface area (Å²) in [4.78, 5) is 3.78. The van der Waals surface area contributed by atoms with Crippen molar-refractivity contribution >= 4 is 11.8 Å². The second-order valence-electron chi connectivity index (χ2n) is 4.42. The Balaban J connectivity index is 2.05. The second-order valence-corrected chi connectivity index (χ2v) is 5.56. The molecule has 0 amide bonds. The van der Waals surface area contributed by atoms with Crippen molar-refractivity contribution in [2.75, 3.05) is 26.5 Å². The molecule has 0 aliphatic carbocycles. The van der Waals surface area contributed by atoms with Gasteiger partial charge in [0, 0.05) is 18.1 Å². The third-order valence-corrected chi connectivity index (χ3v) is 4.06. The van der Waals surface area contributed by atoms with Gasteiger partial charge in [-0.2, -0.15) is 0 Å². The number of rotatable bonds is 4. The lowest BCUT2D eigenvalue weighted by Crippen LogP contribution is -2.28. The van der Waals surface area contributed by atoms with Crippen molar-refractivity contribution in [3.63, 3.8) is 0 Å². The van der Waals surface area contributed by atoms with Gasteiger partial charge in [0.25, 0.3) is 0 Å². The Labute approximate surface area is 102 Å². The first-order valence-electron chi connectivity index (χ1n) is 5.87. The van der Waals surface area contributed by atoms with E-state index < -0.39 is 0 Å². The third-order valence-electron chi connectivity index (χ3n) is 2.85. The monoisotopic (exact) mass is 236 g/mol. The lowest BCUT2D eigenvalue weighted by atomic mass is 10.1. The highest BCUT2D eigenvalue weighted by atomic mass is 32.2. The smallest absolute Gasteiger partial charge is 0.0478 e. The van der Waals surface area contributed by atoms with Gasteiger partial charge in [0.1, 0.15) is 0 Å². The maximum Gasteiger partial charge on any atom is 0.0478 e. The van der Waals surface area contributed by atoms with E-state index in [0.717, 1.165) is 13.2 Å². The van der Waals surface area contributed by atoms with Gasteiger partial charge < -0.3 is 5.32 Å². The van der Waals surface area contributed by atoms with Crippen molar-refractivity contribution in [1.82, 2.24) is 10.2 Å². The van der Waals surface area contributed by atoms with Gasteiger partial charge in [0.05, 0.1) is 0 Å². The number of nitrogens with zero attached hydrogens (tertiary/aromatic N) is 1. The second kappa shape index (κ2) is 5.71. The number of nitrogens with one attached hydrogen (secondary N) is 1. The van der Waals surface area contributed by atoms with E-state index in [-0.39, 0.29) is 0 Å². The molecule has 1 N–H and O–H groups in total. The molecule has 2 rings (SSSR count). The van der Waals surface area contributed by atoms with Crippen molar-refractivity contribution in [2.45, 2.75) is 24.3 Å². The molecule has 16 heavy (non-hydrogen) atoms. The molecule has 1 aromatic carbocycles. The Morgan fingerprint density at radius 3 is 3.12 bits per heavy atom. The number of hydrogen-bond donors (Lipinski definition) is 1. The van der Waals surface area contributed by atoms with E-state index in [1.54, 1.807) is 5.56 Å². The van der Waals surface area contributed by atoms with Gasteiger partial charge in [0.2, 0.25) is 0 Å². The molecule has 0 saturated carbocycles. The van der Waals surface area contributed by atoms with Crippen LogP contribution < -0.4 is 5.32 Å². The van der Waals surface area contributed by atoms with Gasteiger partial charge in [-0.05, 0) is 49.9 Å². The lowest BCUT2D eigenvalue weighted by molar-refractivity contribution is 0.310. The van der Waals surface area contributed by atoms with Crippen LogP contribution in [-0.4, -0.2) is 31.4 Å². The van der Waals surface area contributed by atoms with E-state index in [4.69, 9.17) is 0 Å². The molecule has 0 bridgehead atoms. The number of fused-ring (bicyclic) bond motifs is 1. The van der Waals surface area contributed by atoms with Gasteiger partial charge in [0.15, 0.2) is 0 Å². The summed E-state index contributed by atoms with van der Waals surface area (Å²) in [6, 6.07) is 6.94. The van der Waals surface area contributed by atoms with Crippen LogP contribution in [0.5, 0.6) is 0 Å². The highest BCUT2D eigenvalue weighted by Crippen LogP contribution is 2.30. The number of hydrogen-bond acceptors (Lipinski definition) is 3. The van der Waals surface area contributed by atoms with Crippen LogP contribution in [0.3, 0.4) is 0 Å². The maximum absolute atomic E-state index is 3.17. The molecular weight excluding hydrogens is 216 g/mol. The predicted molar refractivity (Wildman–Crippen MR) is 70.9 cm³/mol. The lowest BCUT2D eigenvalue weighted by Gasteiger charge is -2.19. The average Bonchev–Trinajstić information content (AvgIpc) is 2.29. The van der Waals surface area contributed by atoms with Crippen molar-refractivity contribution in [3.8, 4) is 0 Å². The van der Waals surface area contributed by atoms with E-state index in [1.165, 1.54) is 29.1 Å². The summed E-state index contributed by atoms with van der Waals surface area (Å²) in [6.45, 7) is 1.96. The standard InChI is InChI=1S/C13H20N2S/c1-14-10-15(2)9-11-5-6-13-12(8-11)4-3-7-16-13/h5-6,8,14H,3-4,7,9-10H2,1-2H3. The summed E-state index contributed by atoms with van der Waals surface area (Å²) in [7, 11) is 4.13. The summed E-state index contributed by atoms with van der Waals surface area (Å²) in [5, 5.41) is 3.17. The quantitative estimate of drug-likeness (QED) is 0.808. The zero-order chi connectivity index (χ0) is 11.4. The topological polar surface area (TPSA) is 15.3 Å². The van der Waals surface area contributed by atoms with Crippen LogP contribution in [0.1, 0.15) is 17.5 Å². The molecule has 1 aliphatic rings. The van der Waals surface area contributed by atoms with E-state index in [1.807, 2.05) is 18.8 Å². The SMILES string of the molecule is CNCN(C)Cc1ccc2c(c1)CCCS2. The molecule has 0 radical (unpaired) electrons. The van der Waals surface area contributed by atoms with Crippen LogP contribution in [0.15, 0.2) is 23.1 Å². The summed E-state index contributed by atoms with van der Waals surface area (Å²) < 4.78 is 0. The van der Waals surface area contributed by atoms with Gasteiger partial charge in [-0.1, -0.05) is 12.1 Å². The Bertz CT molecular complexity index is 352. The fourth-order valence-electron chi connectivity index (χ4n) is 2.15. The van der Waals surface area contributed by atoms with Crippen molar-refractivity contribution in [1.29, 1.82) is 0 Å². The minimum Gasteiger partial charge on any atom is -0.307 e. The summed E-state index contributed by atoms with van der Waals surface area (Å²) in [5.74, 6) is 1.28. The van der Waals surface area contributed by atoms with E-state index >= 15 is 0 Å². The van der Waals surface area contributed by atoms with E-state index in [0.29, 0.717) is 0 Å². The van der Waals surface area contributed by atoms with Crippen LogP contribution in [0, 0.1) is 0 Å². The first kappa shape index (κ1) is 12.0. The first-order chi connectivity index (χ1) is 7.79. The van der Waals surface area contributed by atoms with Crippen molar-refractivity contribution in [2.24, 2.45) is 0 Å². The van der Waals surface area contributed by atoms with E-state index in [9.17, 15) is 0 Å². The maximum atomic E-state index is 3.17. The van der Waals surface area contributed by atoms with Gasteiger partial charge in [-0.3, -0.25) is 4.90 Å². The molecule has 1 aliphatic heterocycles. The minimum atomic E-state index is 0.936. The summed E-state index contributed by atoms with van der Waals surface area (Å²) >= 11 is 2.00. The average molecular weight is 236 g/mol. The Morgan fingerprint density at radius 1 is 1.44 bits per heavy atom. The molecular formula is C13H20N2S. The largest absolute Gasteiger partial charge is 0.307 e. The Kier molecular flexibility index (Phi) is 4.27. The van der Waals surface area contributed by atoms with Crippen molar-refractivity contribution < 1.29 is 0 Å². The van der Waals surface area contributed by atoms with Crippen LogP contribution in [-0.2, 0) is 13.0 Å². The highest BCUT2D eigenvalue weighted by Gasteiger charge is 2.10. The molecule has 0 unspecified atom stereocenters. The molecule has 88 valence electrons. The number of benzene rings is 1. The molecule has 1 heterocycles. The summed E-state index contributed by atoms with van der Waals surface area (Å²) in [6.07, 6.45) is 2.58. The van der Waals surface area contributed by atoms with Gasteiger partial charge in [-0.25, -0.2) is 0 Å². The van der Waals surface area contributed by atoms with Gasteiger partial charge >= 0.3 is 0 Å². The highest BCUT2D eigenvalue weighted by molar-refractivity contribution is 7.99. The van der Waals surface area contributed by atoms with Crippen LogP contribution in [0.25, 0.3) is 0 Å². The zero-order valence-electron chi connectivity index (χ0n) is 10.1. The third kappa shape index (κ3) is 3.00. The van der Waals surface area contributed by atoms with Gasteiger partial charge in [-0.15, -0.1) is 11.8 Å². The fourth-order valence-corrected chi connectivity index (χ4v) is 3.17. The molecule has 3 heteroatoms. The molecule has 0 atom stereocenters. The molecule has 2 nitrogen and oxygen atoms in total. The Morgan fingerprint density at radius 2 is 2.31 bits per heavy atom. The van der Waals surface area contributed by atoms with Crippen LogP contribution in [0.2, 0.25) is 0 Å². The number of thioether (sulfide) groups is 1. The molecule has 0 saturated heterocycles. The predicted octanol–water partition coefficient (Wildman–Crippen LogP) is 2.33. The van der Waals surface area contributed by atoms with Crippen LogP contribution in [0.4, 0.5) is 0 Å². The fraction of sp³-hybridized carbons (Fsp3) is 0.538. The van der Waals surface area contributed by atoms with E-state index in [2.05, 4.69) is 35.5 Å². The summed E-state index contributed by atoms with van der Waals surface area (Å²) in [5.41, 5.74) is 2.98. The molecule has 0 fully saturated rings. The Hall–Kier alpha value is -0.510. The zero-order valence-corrected chi connectivity index (χ0v) is 10.9. The molecule has 0 aromatic heterocycles. The molecule has 1 aromatic rings. The number of aryl methyl sites for hydroxylation is 1.